The van der Waals surface area contributed by atoms with Gasteiger partial charge in [-0.1, -0.05) is 46.1 Å². The zero-order valence-electron chi connectivity index (χ0n) is 61.1. The van der Waals surface area contributed by atoms with E-state index in [1.807, 2.05) is 0 Å². The molecule has 1 aromatic carbocycles. The van der Waals surface area contributed by atoms with Gasteiger partial charge in [0, 0.05) is 83.3 Å². The lowest BCUT2D eigenvalue weighted by atomic mass is 9.81. The summed E-state index contributed by atoms with van der Waals surface area (Å²) in [6, 6.07) is 3.71. The number of benzene rings is 1. The molecule has 1 spiro atoms. The Hall–Kier alpha value is -5.36. The number of ketones is 1. The van der Waals surface area contributed by atoms with Crippen LogP contribution in [0.15, 0.2) is 48.6 Å². The van der Waals surface area contributed by atoms with Gasteiger partial charge in [0.25, 0.3) is 0 Å². The molecule has 6 amide bonds. The summed E-state index contributed by atoms with van der Waals surface area (Å²) in [5.41, 5.74) is 13.6. The number of ether oxygens (including phenoxy) is 16. The van der Waals surface area contributed by atoms with Crippen molar-refractivity contribution in [3.05, 3.63) is 54.1 Å². The Labute approximate surface area is 610 Å². The van der Waals surface area contributed by atoms with Crippen molar-refractivity contribution in [2.45, 2.75) is 246 Å². The molecule has 11 rings (SSSR count). The number of nitrogens with one attached hydrogen (secondary N) is 5. The van der Waals surface area contributed by atoms with Gasteiger partial charge >= 0.3 is 12.1 Å². The monoisotopic (exact) mass is 1470 g/mol. The fourth-order valence-corrected chi connectivity index (χ4v) is 15.9. The van der Waals surface area contributed by atoms with Crippen LogP contribution in [0.5, 0.6) is 0 Å². The third-order valence-electron chi connectivity index (χ3n) is 21.2. The van der Waals surface area contributed by atoms with Gasteiger partial charge in [-0.3, -0.25) is 19.2 Å². The summed E-state index contributed by atoms with van der Waals surface area (Å²) in [6.45, 7) is 19.5. The molecule has 30 nitrogen and oxygen atoms in total. The van der Waals surface area contributed by atoms with Crippen LogP contribution in [0.4, 0.5) is 15.3 Å². The third kappa shape index (κ3) is 23.1. The molecule has 584 valence electrons. The molecule has 10 aliphatic heterocycles. The van der Waals surface area contributed by atoms with Crippen molar-refractivity contribution >= 4 is 41.3 Å². The predicted octanol–water partition coefficient (Wildman–Crippen LogP) is 3.87. The summed E-state index contributed by atoms with van der Waals surface area (Å²) in [6.07, 6.45) is 0.864. The average molecular weight is 1470 g/mol. The first-order valence-corrected chi connectivity index (χ1v) is 37.7. The standard InChI is InChI=1S/C74H115N7O23/c1-43(2)63(81-62(84)18-22-90-24-26-92-28-30-94-32-33-95-31-29-93-27-25-91-23-20-75)71(86)80-55(8-7-21-77-72(76)87)70(85)79-48-11-9-47(10-12-48)42-96-73(88)78-41-50(83)38-60-64(89-6)54-37-49(82)36-52-14-16-57-65(99-52)69-68-67(101-57)66-61(102-68)40-74(103-66,104-69)19-17-53-35-45(4)56(97-53)15-13-51-34-44(3)46(5)58(98-51)39-59(54)100-60/h9-12,43-44,50-61,63-69,83H,4-5,7-8,13-42,75H2,1-3,6H3,(H,78,88)(H,79,85)(H,80,86)(H,81,84)(H3,76,77,87)/t44-,50+,51+,52-,53+,54+,55+,56?,57+,58-,59+,60-,61-,63+,64-,65+,66+,67?,68?,69+,74+/m1/s1. The Bertz CT molecular complexity index is 2950. The predicted molar refractivity (Wildman–Crippen MR) is 375 cm³/mol. The minimum absolute atomic E-state index is 0.00337. The van der Waals surface area contributed by atoms with Gasteiger partial charge in [-0.2, -0.15) is 0 Å². The van der Waals surface area contributed by atoms with E-state index in [0.29, 0.717) is 109 Å². The van der Waals surface area contributed by atoms with Crippen molar-refractivity contribution in [2.24, 2.45) is 29.2 Å². The summed E-state index contributed by atoms with van der Waals surface area (Å²) >= 11 is 0. The average Bonchev–Trinajstić information content (AvgIpc) is 1.55. The number of aliphatic hydroxyl groups excluding tert-OH is 1. The van der Waals surface area contributed by atoms with Crippen molar-refractivity contribution in [2.75, 3.05) is 111 Å². The second-order valence-electron chi connectivity index (χ2n) is 29.3. The molecular weight excluding hydrogens is 1350 g/mol. The Balaban J connectivity index is 0.668. The van der Waals surface area contributed by atoms with Crippen LogP contribution in [0.1, 0.15) is 129 Å². The number of urea groups is 1. The van der Waals surface area contributed by atoms with Crippen LogP contribution >= 0.6 is 0 Å². The van der Waals surface area contributed by atoms with E-state index >= 15 is 0 Å². The van der Waals surface area contributed by atoms with Gasteiger partial charge in [-0.05, 0) is 98.5 Å². The molecule has 10 saturated heterocycles. The maximum atomic E-state index is 14.6. The van der Waals surface area contributed by atoms with Gasteiger partial charge in [-0.15, -0.1) is 0 Å². The smallest absolute Gasteiger partial charge is 0.407 e. The quantitative estimate of drug-likeness (QED) is 0.0346. The first-order valence-electron chi connectivity index (χ1n) is 37.7. The van der Waals surface area contributed by atoms with Crippen LogP contribution in [0.3, 0.4) is 0 Å². The number of nitrogens with two attached hydrogens (primary N) is 2. The molecule has 0 aromatic heterocycles. The highest BCUT2D eigenvalue weighted by atomic mass is 16.8. The number of hydrogen-bond acceptors (Lipinski definition) is 24. The van der Waals surface area contributed by atoms with Crippen LogP contribution in [0, 0.1) is 17.8 Å². The summed E-state index contributed by atoms with van der Waals surface area (Å²) < 4.78 is 99.2. The number of rotatable bonds is 37. The van der Waals surface area contributed by atoms with Crippen molar-refractivity contribution in [1.82, 2.24) is 21.3 Å². The Morgan fingerprint density at radius 2 is 1.32 bits per heavy atom. The number of amides is 6. The summed E-state index contributed by atoms with van der Waals surface area (Å²) in [4.78, 5) is 79.9. The molecule has 10 aliphatic rings. The lowest BCUT2D eigenvalue weighted by Gasteiger charge is -2.47. The SMILES string of the molecule is C=C1C[C@@H]2CC[C@@]34C[C@H]5OC6C(O[C@H]7CC[C@H](CC(=O)C[C@@H]8[C@@H](OC)[C@@H](C[C@H](O)CNC(=O)OCc9ccc(NC(=O)[C@H](CCCNC(N)=O)NC(=O)[C@@H](NC(=O)CCOCCOCCOCCOCCOCCOCCN)C(C)C)cc9)O[C@H]8C[C@H]8O[C@@H](CCC1O2)C[C@@H](C)C8=C)O[C@@H]7[C@@H]6O3)[C@H]5O4. The lowest BCUT2D eigenvalue weighted by molar-refractivity contribution is -0.292. The molecule has 0 saturated carbocycles. The summed E-state index contributed by atoms with van der Waals surface area (Å²) in [5, 5.41) is 25.1. The van der Waals surface area contributed by atoms with Crippen LogP contribution < -0.4 is 38.1 Å². The normalized spacial score (nSPS) is 32.4. The fourth-order valence-electron chi connectivity index (χ4n) is 15.9. The minimum atomic E-state index is -1.10. The zero-order chi connectivity index (χ0) is 73.7. The number of aliphatic hydroxyl groups is 1. The van der Waals surface area contributed by atoms with Crippen molar-refractivity contribution < 1.29 is 110 Å². The molecule has 0 radical (unpaired) electrons. The molecule has 30 heteroatoms. The van der Waals surface area contributed by atoms with Gasteiger partial charge in [0.1, 0.15) is 55.0 Å². The zero-order valence-corrected chi connectivity index (χ0v) is 61.1. The highest BCUT2D eigenvalue weighted by molar-refractivity contribution is 5.98. The Morgan fingerprint density at radius 3 is 2.00 bits per heavy atom. The fraction of sp³-hybridized carbons (Fsp3) is 0.784. The number of hydrogen-bond donors (Lipinski definition) is 8. The molecule has 104 heavy (non-hydrogen) atoms. The lowest BCUT2D eigenvalue weighted by Crippen LogP contribution is -2.61. The third-order valence-corrected chi connectivity index (χ3v) is 21.2. The highest BCUT2D eigenvalue weighted by Crippen LogP contribution is 2.55. The topological polar surface area (TPSA) is 383 Å². The number of carbonyl (C=O) groups is 6. The second-order valence-corrected chi connectivity index (χ2v) is 29.3. The van der Waals surface area contributed by atoms with Crippen LogP contribution in [0.25, 0.3) is 0 Å². The van der Waals surface area contributed by atoms with Crippen molar-refractivity contribution in [3.8, 4) is 0 Å². The first kappa shape index (κ1) is 81.2. The molecule has 1 aromatic rings. The van der Waals surface area contributed by atoms with Gasteiger partial charge in [0.15, 0.2) is 5.79 Å². The molecule has 21 atom stereocenters. The molecule has 10 heterocycles. The van der Waals surface area contributed by atoms with E-state index in [1.54, 1.807) is 45.2 Å². The highest BCUT2D eigenvalue weighted by Gasteiger charge is 2.69. The minimum Gasteiger partial charge on any atom is -0.445 e. The van der Waals surface area contributed by atoms with Gasteiger partial charge in [0.2, 0.25) is 17.7 Å². The van der Waals surface area contributed by atoms with Crippen LogP contribution in [-0.4, -0.2) is 262 Å². The number of fused-ring (bicyclic) bond motifs is 6. The Kier molecular flexibility index (Phi) is 31.4. The second kappa shape index (κ2) is 40.2. The van der Waals surface area contributed by atoms with E-state index in [-0.39, 0.29) is 157 Å². The molecule has 10 N–H and O–H groups in total. The van der Waals surface area contributed by atoms with Crippen LogP contribution in [-0.2, 0) is 102 Å². The maximum absolute atomic E-state index is 14.6. The van der Waals surface area contributed by atoms with E-state index in [4.69, 9.17) is 87.3 Å². The van der Waals surface area contributed by atoms with E-state index < -0.39 is 90.3 Å². The number of Topliss-reactive ketones (excluding diaryl/α,β-unsaturated/α-hetero) is 1. The number of primary amides is 1. The van der Waals surface area contributed by atoms with Crippen LogP contribution in [0.2, 0.25) is 0 Å². The van der Waals surface area contributed by atoms with E-state index in [0.717, 1.165) is 43.3 Å². The summed E-state index contributed by atoms with van der Waals surface area (Å²) in [5.74, 6) is -3.06. The van der Waals surface area contributed by atoms with Gasteiger partial charge in [-0.25, -0.2) is 9.59 Å². The van der Waals surface area contributed by atoms with Crippen molar-refractivity contribution in [1.29, 1.82) is 0 Å². The summed E-state index contributed by atoms with van der Waals surface area (Å²) in [7, 11) is 1.59. The first-order chi connectivity index (χ1) is 50.2. The number of alkyl carbamates (subject to hydrolysis) is 1. The number of methoxy groups -OCH3 is 1. The molecule has 3 unspecified atom stereocenters. The molecule has 10 fully saturated rings. The van der Waals surface area contributed by atoms with Gasteiger partial charge < -0.3 is 119 Å². The largest absolute Gasteiger partial charge is 0.445 e. The van der Waals surface area contributed by atoms with E-state index in [2.05, 4.69) is 46.7 Å². The molecular formula is C74H115N7O23. The molecule has 0 aliphatic carbocycles. The Morgan fingerprint density at radius 1 is 0.673 bits per heavy atom. The molecule has 12 bridgehead atoms. The van der Waals surface area contributed by atoms with Gasteiger partial charge in [0.05, 0.1) is 146 Å². The van der Waals surface area contributed by atoms with E-state index in [1.165, 1.54) is 0 Å². The van der Waals surface area contributed by atoms with Crippen molar-refractivity contribution in [3.63, 3.8) is 0 Å². The number of anilines is 1. The maximum Gasteiger partial charge on any atom is 0.407 e. The number of carbonyl (C=O) groups excluding carboxylic acids is 6. The van der Waals surface area contributed by atoms with E-state index in [9.17, 15) is 33.9 Å².